The molecule has 0 aromatic rings. The number of hydrogen-bond acceptors (Lipinski definition) is 3. The van der Waals surface area contributed by atoms with Gasteiger partial charge in [-0.05, 0) is 6.42 Å². The maximum Gasteiger partial charge on any atom is 0.126 e. The molecule has 0 amide bonds. The van der Waals surface area contributed by atoms with Gasteiger partial charge in [0, 0.05) is 0 Å². The molecule has 2 unspecified atom stereocenters. The molecule has 0 saturated carbocycles. The van der Waals surface area contributed by atoms with Gasteiger partial charge in [-0.2, -0.15) is 0 Å². The van der Waals surface area contributed by atoms with Crippen molar-refractivity contribution in [2.45, 2.75) is 115 Å². The standard InChI is InChI=1S/C23H50NO3/c1-4-5-6-7-8-9-10-11-12-13-14-15-16-17-18-22(26)19-24(2,3)20-23(27)21-25/h22-23,25-27H,4-21H2,1-3H3/q+1. The van der Waals surface area contributed by atoms with Crippen molar-refractivity contribution in [3.05, 3.63) is 0 Å². The highest BCUT2D eigenvalue weighted by Crippen LogP contribution is 2.14. The number of nitrogens with zero attached hydrogens (tertiary/aromatic N) is 1. The van der Waals surface area contributed by atoms with Crippen molar-refractivity contribution in [3.63, 3.8) is 0 Å². The summed E-state index contributed by atoms with van der Waals surface area (Å²) < 4.78 is 0.543. The third-order valence-corrected chi connectivity index (χ3v) is 5.51. The van der Waals surface area contributed by atoms with Gasteiger partial charge in [-0.3, -0.25) is 0 Å². The Kier molecular flexibility index (Phi) is 17.8. The van der Waals surface area contributed by atoms with E-state index in [1.807, 2.05) is 14.1 Å². The van der Waals surface area contributed by atoms with Crippen LogP contribution >= 0.6 is 0 Å². The largest absolute Gasteiger partial charge is 0.393 e. The molecule has 0 radical (unpaired) electrons. The van der Waals surface area contributed by atoms with Crippen LogP contribution in [-0.4, -0.2) is 65.8 Å². The summed E-state index contributed by atoms with van der Waals surface area (Å²) in [5.74, 6) is 0. The van der Waals surface area contributed by atoms with Crippen molar-refractivity contribution in [1.82, 2.24) is 0 Å². The van der Waals surface area contributed by atoms with Gasteiger partial charge in [0.15, 0.2) is 0 Å². The normalized spacial score (nSPS) is 14.4. The second kappa shape index (κ2) is 17.9. The Morgan fingerprint density at radius 2 is 0.963 bits per heavy atom. The number of likely N-dealkylation sites (N-methyl/N-ethyl adjacent to an activating group) is 1. The molecule has 0 aliphatic carbocycles. The molecular weight excluding hydrogens is 338 g/mol. The fourth-order valence-corrected chi connectivity index (χ4v) is 3.94. The molecule has 27 heavy (non-hydrogen) atoms. The zero-order chi connectivity index (χ0) is 20.4. The van der Waals surface area contributed by atoms with Gasteiger partial charge in [-0.25, -0.2) is 0 Å². The van der Waals surface area contributed by atoms with E-state index in [0.717, 1.165) is 12.8 Å². The van der Waals surface area contributed by atoms with Crippen LogP contribution in [0.5, 0.6) is 0 Å². The van der Waals surface area contributed by atoms with E-state index >= 15 is 0 Å². The fraction of sp³-hybridized carbons (Fsp3) is 1.00. The Morgan fingerprint density at radius 3 is 1.37 bits per heavy atom. The van der Waals surface area contributed by atoms with Gasteiger partial charge in [0.05, 0.1) is 20.7 Å². The molecule has 0 bridgehead atoms. The van der Waals surface area contributed by atoms with E-state index in [4.69, 9.17) is 5.11 Å². The minimum atomic E-state index is -0.701. The first-order chi connectivity index (χ1) is 12.9. The van der Waals surface area contributed by atoms with Gasteiger partial charge in [0.25, 0.3) is 0 Å². The molecule has 0 spiro atoms. The molecule has 164 valence electrons. The number of aliphatic hydroxyl groups is 3. The summed E-state index contributed by atoms with van der Waals surface area (Å²) in [6, 6.07) is 0. The van der Waals surface area contributed by atoms with E-state index < -0.39 is 6.10 Å². The van der Waals surface area contributed by atoms with Gasteiger partial charge < -0.3 is 19.8 Å². The molecule has 0 aromatic heterocycles. The summed E-state index contributed by atoms with van der Waals surface area (Å²) in [6.07, 6.45) is 18.7. The van der Waals surface area contributed by atoms with Gasteiger partial charge in [-0.15, -0.1) is 0 Å². The topological polar surface area (TPSA) is 60.7 Å². The average Bonchev–Trinajstić information content (AvgIpc) is 2.61. The minimum absolute atomic E-state index is 0.212. The lowest BCUT2D eigenvalue weighted by Crippen LogP contribution is -2.50. The van der Waals surface area contributed by atoms with Crippen LogP contribution < -0.4 is 0 Å². The summed E-state index contributed by atoms with van der Waals surface area (Å²) in [5.41, 5.74) is 0. The van der Waals surface area contributed by atoms with Crippen LogP contribution in [0.1, 0.15) is 103 Å². The number of hydrogen-bond donors (Lipinski definition) is 3. The highest BCUT2D eigenvalue weighted by atomic mass is 16.3. The zero-order valence-corrected chi connectivity index (χ0v) is 18.7. The monoisotopic (exact) mass is 388 g/mol. The lowest BCUT2D eigenvalue weighted by Gasteiger charge is -2.33. The maximum absolute atomic E-state index is 10.2. The fourth-order valence-electron chi connectivity index (χ4n) is 3.94. The molecule has 4 heteroatoms. The predicted octanol–water partition coefficient (Wildman–Crippen LogP) is 4.65. The van der Waals surface area contributed by atoms with Crippen molar-refractivity contribution in [2.24, 2.45) is 0 Å². The SMILES string of the molecule is CCCCCCCCCCCCCCCCC(O)C[N+](C)(C)CC(O)CO. The molecule has 0 heterocycles. The first-order valence-electron chi connectivity index (χ1n) is 11.7. The molecule has 3 N–H and O–H groups in total. The van der Waals surface area contributed by atoms with Gasteiger partial charge >= 0.3 is 0 Å². The summed E-state index contributed by atoms with van der Waals surface area (Å²) in [4.78, 5) is 0. The van der Waals surface area contributed by atoms with Gasteiger partial charge in [0.1, 0.15) is 25.3 Å². The van der Waals surface area contributed by atoms with E-state index in [0.29, 0.717) is 17.6 Å². The van der Waals surface area contributed by atoms with Crippen molar-refractivity contribution < 1.29 is 19.8 Å². The maximum atomic E-state index is 10.2. The van der Waals surface area contributed by atoms with Crippen molar-refractivity contribution in [1.29, 1.82) is 0 Å². The molecule has 0 aliphatic heterocycles. The van der Waals surface area contributed by atoms with Crippen LogP contribution in [0.15, 0.2) is 0 Å². The third-order valence-electron chi connectivity index (χ3n) is 5.51. The lowest BCUT2D eigenvalue weighted by molar-refractivity contribution is -0.896. The second-order valence-electron chi connectivity index (χ2n) is 9.18. The van der Waals surface area contributed by atoms with E-state index in [1.54, 1.807) is 0 Å². The molecular formula is C23H50NO3+. The molecule has 4 nitrogen and oxygen atoms in total. The molecule has 0 aromatic carbocycles. The number of unbranched alkanes of at least 4 members (excludes halogenated alkanes) is 13. The summed E-state index contributed by atoms with van der Waals surface area (Å²) >= 11 is 0. The van der Waals surface area contributed by atoms with Crippen molar-refractivity contribution >= 4 is 0 Å². The highest BCUT2D eigenvalue weighted by Gasteiger charge is 2.23. The Hall–Kier alpha value is -0.160. The minimum Gasteiger partial charge on any atom is -0.393 e. The Balaban J connectivity index is 3.39. The van der Waals surface area contributed by atoms with E-state index in [2.05, 4.69) is 6.92 Å². The average molecular weight is 389 g/mol. The van der Waals surface area contributed by atoms with Gasteiger partial charge in [0.2, 0.25) is 0 Å². The summed E-state index contributed by atoms with van der Waals surface area (Å²) in [7, 11) is 3.99. The van der Waals surface area contributed by atoms with Crippen LogP contribution in [0.2, 0.25) is 0 Å². The van der Waals surface area contributed by atoms with Crippen LogP contribution in [-0.2, 0) is 0 Å². The van der Waals surface area contributed by atoms with Gasteiger partial charge in [-0.1, -0.05) is 96.8 Å². The summed E-state index contributed by atoms with van der Waals surface area (Å²) in [5, 5.41) is 28.7. The molecule has 0 fully saturated rings. The van der Waals surface area contributed by atoms with Crippen LogP contribution in [0.3, 0.4) is 0 Å². The quantitative estimate of drug-likeness (QED) is 0.210. The molecule has 2 atom stereocenters. The number of rotatable bonds is 20. The number of quaternary nitrogens is 1. The predicted molar refractivity (Wildman–Crippen MR) is 116 cm³/mol. The Bertz CT molecular complexity index is 310. The molecule has 0 aliphatic rings. The third kappa shape index (κ3) is 18.9. The van der Waals surface area contributed by atoms with E-state index in [9.17, 15) is 10.2 Å². The van der Waals surface area contributed by atoms with Crippen molar-refractivity contribution in [2.75, 3.05) is 33.8 Å². The van der Waals surface area contributed by atoms with Crippen LogP contribution in [0.4, 0.5) is 0 Å². The molecule has 0 saturated heterocycles. The van der Waals surface area contributed by atoms with E-state index in [-0.39, 0.29) is 12.7 Å². The first-order valence-corrected chi connectivity index (χ1v) is 11.7. The zero-order valence-electron chi connectivity index (χ0n) is 18.7. The van der Waals surface area contributed by atoms with Crippen molar-refractivity contribution in [3.8, 4) is 0 Å². The van der Waals surface area contributed by atoms with E-state index in [1.165, 1.54) is 83.5 Å². The smallest absolute Gasteiger partial charge is 0.126 e. The molecule has 0 rings (SSSR count). The second-order valence-corrected chi connectivity index (χ2v) is 9.18. The lowest BCUT2D eigenvalue weighted by atomic mass is 10.0. The summed E-state index contributed by atoms with van der Waals surface area (Å²) in [6.45, 7) is 3.17. The first kappa shape index (κ1) is 26.8. The number of aliphatic hydroxyl groups excluding tert-OH is 3. The Morgan fingerprint density at radius 1 is 0.593 bits per heavy atom. The Labute approximate surface area is 169 Å². The van der Waals surface area contributed by atoms with Crippen LogP contribution in [0.25, 0.3) is 0 Å². The van der Waals surface area contributed by atoms with Crippen LogP contribution in [0, 0.1) is 0 Å². The highest BCUT2D eigenvalue weighted by molar-refractivity contribution is 4.58.